The van der Waals surface area contributed by atoms with Crippen molar-refractivity contribution in [3.05, 3.63) is 35.9 Å². The van der Waals surface area contributed by atoms with Crippen LogP contribution in [0.3, 0.4) is 0 Å². The molecule has 0 saturated carbocycles. The molecule has 1 fully saturated rings. The lowest BCUT2D eigenvalue weighted by molar-refractivity contribution is -0.252. The van der Waals surface area contributed by atoms with Gasteiger partial charge >= 0.3 is 11.8 Å². The fourth-order valence-electron chi connectivity index (χ4n) is 2.28. The number of hydrogen-bond donors (Lipinski definition) is 1. The van der Waals surface area contributed by atoms with Gasteiger partial charge in [0, 0.05) is 13.1 Å². The van der Waals surface area contributed by atoms with Gasteiger partial charge in [-0.2, -0.15) is 17.6 Å². The second-order valence-electron chi connectivity index (χ2n) is 5.01. The molecule has 1 aromatic carbocycles. The summed E-state index contributed by atoms with van der Waals surface area (Å²) in [5.74, 6) is -11.8. The molecule has 1 saturated heterocycles. The van der Waals surface area contributed by atoms with Gasteiger partial charge < -0.3 is 10.0 Å². The molecule has 0 spiro atoms. The van der Waals surface area contributed by atoms with E-state index >= 15 is 0 Å². The number of hydrogen-bond acceptors (Lipinski definition) is 2. The SMILES string of the molecule is O=C(N1CCCC1)C(F)(F)C(F)(F)C(O)c1ccccc1. The zero-order valence-corrected chi connectivity index (χ0v) is 11.1. The molecule has 0 aromatic heterocycles. The van der Waals surface area contributed by atoms with E-state index in [1.54, 1.807) is 0 Å². The molecule has 1 aliphatic rings. The molecule has 2 rings (SSSR count). The predicted octanol–water partition coefficient (Wildman–Crippen LogP) is 2.61. The molecule has 1 aromatic rings. The molecule has 1 heterocycles. The first-order valence-corrected chi connectivity index (χ1v) is 6.56. The molecular formula is C14H15F4NO2. The van der Waals surface area contributed by atoms with Gasteiger partial charge in [0.1, 0.15) is 6.10 Å². The number of amides is 1. The number of halogens is 4. The lowest BCUT2D eigenvalue weighted by Gasteiger charge is -2.32. The molecule has 0 radical (unpaired) electrons. The van der Waals surface area contributed by atoms with Crippen molar-refractivity contribution in [3.63, 3.8) is 0 Å². The molecule has 1 N–H and O–H groups in total. The van der Waals surface area contributed by atoms with Gasteiger partial charge in [0.05, 0.1) is 0 Å². The summed E-state index contributed by atoms with van der Waals surface area (Å²) in [5, 5.41) is 9.57. The second-order valence-corrected chi connectivity index (χ2v) is 5.01. The van der Waals surface area contributed by atoms with Crippen LogP contribution in [-0.4, -0.2) is 40.8 Å². The van der Waals surface area contributed by atoms with Crippen molar-refractivity contribution in [2.45, 2.75) is 30.8 Å². The zero-order valence-electron chi connectivity index (χ0n) is 11.1. The van der Waals surface area contributed by atoms with Crippen LogP contribution in [0.15, 0.2) is 30.3 Å². The molecule has 21 heavy (non-hydrogen) atoms. The fourth-order valence-corrected chi connectivity index (χ4v) is 2.28. The third-order valence-electron chi connectivity index (χ3n) is 3.54. The molecule has 1 amide bonds. The van der Waals surface area contributed by atoms with E-state index in [-0.39, 0.29) is 18.7 Å². The van der Waals surface area contributed by atoms with Crippen LogP contribution in [0.5, 0.6) is 0 Å². The van der Waals surface area contributed by atoms with Crippen molar-refractivity contribution >= 4 is 5.91 Å². The summed E-state index contributed by atoms with van der Waals surface area (Å²) < 4.78 is 55.6. The van der Waals surface area contributed by atoms with Crippen LogP contribution in [0.4, 0.5) is 17.6 Å². The van der Waals surface area contributed by atoms with Gasteiger partial charge in [-0.05, 0) is 18.4 Å². The largest absolute Gasteiger partial charge is 0.389 e. The number of rotatable bonds is 4. The van der Waals surface area contributed by atoms with Crippen LogP contribution in [0.25, 0.3) is 0 Å². The highest BCUT2D eigenvalue weighted by Gasteiger charge is 2.67. The Labute approximate surface area is 119 Å². The maximum Gasteiger partial charge on any atom is 0.389 e. The first kappa shape index (κ1) is 15.8. The monoisotopic (exact) mass is 305 g/mol. The summed E-state index contributed by atoms with van der Waals surface area (Å²) in [6.07, 6.45) is -1.73. The Hall–Kier alpha value is -1.63. The Morgan fingerprint density at radius 1 is 1.10 bits per heavy atom. The number of aliphatic hydroxyl groups is 1. The minimum absolute atomic E-state index is 0.0337. The number of aliphatic hydroxyl groups excluding tert-OH is 1. The fraction of sp³-hybridized carbons (Fsp3) is 0.500. The van der Waals surface area contributed by atoms with Crippen molar-refractivity contribution in [1.82, 2.24) is 4.90 Å². The smallest absolute Gasteiger partial charge is 0.382 e. The number of carbonyl (C=O) groups excluding carboxylic acids is 1. The third kappa shape index (κ3) is 2.74. The maximum atomic E-state index is 13.9. The third-order valence-corrected chi connectivity index (χ3v) is 3.54. The summed E-state index contributed by atoms with van der Waals surface area (Å²) >= 11 is 0. The molecule has 3 nitrogen and oxygen atoms in total. The number of carbonyl (C=O) groups is 1. The Morgan fingerprint density at radius 2 is 1.62 bits per heavy atom. The van der Waals surface area contributed by atoms with Crippen LogP contribution >= 0.6 is 0 Å². The zero-order chi connectivity index (χ0) is 15.7. The summed E-state index contributed by atoms with van der Waals surface area (Å²) in [6.45, 7) is 0.0673. The Balaban J connectivity index is 2.25. The van der Waals surface area contributed by atoms with E-state index in [0.717, 1.165) is 12.1 Å². The van der Waals surface area contributed by atoms with E-state index in [0.29, 0.717) is 17.7 Å². The highest BCUT2D eigenvalue weighted by Crippen LogP contribution is 2.44. The Bertz CT molecular complexity index is 501. The van der Waals surface area contributed by atoms with Crippen molar-refractivity contribution in [1.29, 1.82) is 0 Å². The van der Waals surface area contributed by atoms with E-state index in [4.69, 9.17) is 0 Å². The molecule has 1 aliphatic heterocycles. The van der Waals surface area contributed by atoms with E-state index in [1.165, 1.54) is 18.2 Å². The minimum Gasteiger partial charge on any atom is -0.382 e. The average Bonchev–Trinajstić information content (AvgIpc) is 3.00. The standard InChI is InChI=1S/C14H15F4NO2/c15-13(16,11(20)10-6-2-1-3-7-10)14(17,18)12(21)19-8-4-5-9-19/h1-3,6-7,11,20H,4-5,8-9H2. The van der Waals surface area contributed by atoms with Gasteiger partial charge in [-0.15, -0.1) is 0 Å². The van der Waals surface area contributed by atoms with Gasteiger partial charge in [0.15, 0.2) is 0 Å². The van der Waals surface area contributed by atoms with E-state index in [2.05, 4.69) is 0 Å². The Kier molecular flexibility index (Phi) is 4.22. The van der Waals surface area contributed by atoms with Gasteiger partial charge in [0.2, 0.25) is 0 Å². The van der Waals surface area contributed by atoms with Crippen LogP contribution in [0.1, 0.15) is 24.5 Å². The highest BCUT2D eigenvalue weighted by atomic mass is 19.3. The average molecular weight is 305 g/mol. The lowest BCUT2D eigenvalue weighted by Crippen LogP contribution is -2.55. The number of likely N-dealkylation sites (tertiary alicyclic amines) is 1. The minimum atomic E-state index is -4.95. The molecule has 1 atom stereocenters. The topological polar surface area (TPSA) is 40.5 Å². The highest BCUT2D eigenvalue weighted by molar-refractivity contribution is 5.85. The van der Waals surface area contributed by atoms with Crippen molar-refractivity contribution in [2.75, 3.05) is 13.1 Å². The number of nitrogens with zero attached hydrogens (tertiary/aromatic N) is 1. The number of benzene rings is 1. The Morgan fingerprint density at radius 3 is 2.14 bits per heavy atom. The molecule has 0 bridgehead atoms. The summed E-state index contributed by atoms with van der Waals surface area (Å²) in [6, 6.07) is 6.40. The molecule has 116 valence electrons. The van der Waals surface area contributed by atoms with E-state index < -0.39 is 23.9 Å². The van der Waals surface area contributed by atoms with Gasteiger partial charge in [-0.1, -0.05) is 30.3 Å². The first-order chi connectivity index (χ1) is 9.78. The van der Waals surface area contributed by atoms with Gasteiger partial charge in [-0.25, -0.2) is 0 Å². The first-order valence-electron chi connectivity index (χ1n) is 6.56. The maximum absolute atomic E-state index is 13.9. The van der Waals surface area contributed by atoms with Crippen molar-refractivity contribution in [2.24, 2.45) is 0 Å². The van der Waals surface area contributed by atoms with Crippen LogP contribution in [-0.2, 0) is 4.79 Å². The van der Waals surface area contributed by atoms with Crippen molar-refractivity contribution in [3.8, 4) is 0 Å². The number of alkyl halides is 4. The van der Waals surface area contributed by atoms with E-state index in [9.17, 15) is 27.5 Å². The van der Waals surface area contributed by atoms with Crippen molar-refractivity contribution < 1.29 is 27.5 Å². The summed E-state index contributed by atoms with van der Waals surface area (Å²) in [5.41, 5.74) is -0.364. The summed E-state index contributed by atoms with van der Waals surface area (Å²) in [4.78, 5) is 12.3. The second kappa shape index (κ2) is 5.63. The van der Waals surface area contributed by atoms with Gasteiger partial charge in [0.25, 0.3) is 5.91 Å². The van der Waals surface area contributed by atoms with Crippen LogP contribution in [0.2, 0.25) is 0 Å². The predicted molar refractivity (Wildman–Crippen MR) is 67.1 cm³/mol. The van der Waals surface area contributed by atoms with Gasteiger partial charge in [-0.3, -0.25) is 4.79 Å². The van der Waals surface area contributed by atoms with Crippen LogP contribution < -0.4 is 0 Å². The van der Waals surface area contributed by atoms with Crippen LogP contribution in [0, 0.1) is 0 Å². The molecule has 1 unspecified atom stereocenters. The molecule has 0 aliphatic carbocycles. The van der Waals surface area contributed by atoms with E-state index in [1.807, 2.05) is 0 Å². The molecular weight excluding hydrogens is 290 g/mol. The summed E-state index contributed by atoms with van der Waals surface area (Å²) in [7, 11) is 0. The molecule has 7 heteroatoms. The lowest BCUT2D eigenvalue weighted by atomic mass is 9.98. The normalized spacial score (nSPS) is 17.9. The quantitative estimate of drug-likeness (QED) is 0.869.